The highest BCUT2D eigenvalue weighted by Gasteiger charge is 2.59. The second-order valence-corrected chi connectivity index (χ2v) is 2.45. The number of halogens is 7. The predicted molar refractivity (Wildman–Crippen MR) is 29.5 cm³/mol. The standard InChI is InChI=1S/C6HF7O/c7-1-3(9)6(13,14)4(10)2(8)5(1,11)12/h14H. The van der Waals surface area contributed by atoms with Crippen LogP contribution in [-0.2, 0) is 0 Å². The van der Waals surface area contributed by atoms with Crippen LogP contribution in [0.4, 0.5) is 30.7 Å². The molecule has 0 saturated heterocycles. The average molecular weight is 222 g/mol. The molecular weight excluding hydrogens is 221 g/mol. The second kappa shape index (κ2) is 2.72. The number of allylic oxidation sites excluding steroid dienone is 2. The maximum absolute atomic E-state index is 12.4. The third kappa shape index (κ3) is 1.13. The summed E-state index contributed by atoms with van der Waals surface area (Å²) < 4.78 is 85.6. The van der Waals surface area contributed by atoms with Gasteiger partial charge in [-0.1, -0.05) is 0 Å². The molecule has 14 heavy (non-hydrogen) atoms. The number of rotatable bonds is 0. The van der Waals surface area contributed by atoms with Gasteiger partial charge >= 0.3 is 11.8 Å². The fourth-order valence-electron chi connectivity index (χ4n) is 0.759. The zero-order valence-electron chi connectivity index (χ0n) is 6.09. The molecule has 8 heteroatoms. The molecule has 80 valence electrons. The monoisotopic (exact) mass is 222 g/mol. The summed E-state index contributed by atoms with van der Waals surface area (Å²) in [6.45, 7) is 0. The zero-order chi connectivity index (χ0) is 11.3. The van der Waals surface area contributed by atoms with Crippen molar-refractivity contribution in [2.24, 2.45) is 0 Å². The third-order valence-corrected chi connectivity index (χ3v) is 1.52. The molecule has 1 aliphatic carbocycles. The van der Waals surface area contributed by atoms with E-state index >= 15 is 0 Å². The summed E-state index contributed by atoms with van der Waals surface area (Å²) in [5, 5.41) is 8.14. The topological polar surface area (TPSA) is 20.2 Å². The van der Waals surface area contributed by atoms with E-state index in [-0.39, 0.29) is 0 Å². The Morgan fingerprint density at radius 3 is 1.29 bits per heavy atom. The van der Waals surface area contributed by atoms with Crippen LogP contribution in [0.15, 0.2) is 23.3 Å². The fraction of sp³-hybridized carbons (Fsp3) is 0.333. The van der Waals surface area contributed by atoms with Gasteiger partial charge in [-0.25, -0.2) is 17.6 Å². The highest BCUT2D eigenvalue weighted by molar-refractivity contribution is 5.38. The van der Waals surface area contributed by atoms with Crippen molar-refractivity contribution in [3.05, 3.63) is 23.3 Å². The van der Waals surface area contributed by atoms with E-state index in [9.17, 15) is 30.7 Å². The van der Waals surface area contributed by atoms with Gasteiger partial charge in [0.15, 0.2) is 0 Å². The van der Waals surface area contributed by atoms with Gasteiger partial charge in [0.2, 0.25) is 23.3 Å². The Balaban J connectivity index is 3.46. The Kier molecular flexibility index (Phi) is 2.14. The molecule has 0 aromatic heterocycles. The number of alkyl halides is 3. The molecule has 0 heterocycles. The van der Waals surface area contributed by atoms with Crippen LogP contribution >= 0.6 is 0 Å². The van der Waals surface area contributed by atoms with Gasteiger partial charge in [-0.05, 0) is 0 Å². The molecule has 0 radical (unpaired) electrons. The fourth-order valence-corrected chi connectivity index (χ4v) is 0.759. The van der Waals surface area contributed by atoms with Crippen LogP contribution in [0.1, 0.15) is 0 Å². The Labute approximate surface area is 72.1 Å². The lowest BCUT2D eigenvalue weighted by Gasteiger charge is -2.24. The van der Waals surface area contributed by atoms with Crippen molar-refractivity contribution in [1.29, 1.82) is 0 Å². The molecular formula is C6HF7O. The van der Waals surface area contributed by atoms with Gasteiger partial charge in [-0.3, -0.25) is 0 Å². The lowest BCUT2D eigenvalue weighted by Crippen LogP contribution is -2.36. The Bertz CT molecular complexity index is 278. The third-order valence-electron chi connectivity index (χ3n) is 1.52. The molecule has 0 saturated carbocycles. The van der Waals surface area contributed by atoms with Crippen molar-refractivity contribution in [1.82, 2.24) is 0 Å². The first-order valence-electron chi connectivity index (χ1n) is 3.05. The summed E-state index contributed by atoms with van der Waals surface area (Å²) >= 11 is 0. The minimum atomic E-state index is -5.23. The first kappa shape index (κ1) is 11.0. The second-order valence-electron chi connectivity index (χ2n) is 2.45. The number of hydrogen-bond donors (Lipinski definition) is 1. The summed E-state index contributed by atoms with van der Waals surface area (Å²) in [7, 11) is 0. The van der Waals surface area contributed by atoms with Crippen LogP contribution in [-0.4, -0.2) is 16.9 Å². The maximum Gasteiger partial charge on any atom is 0.355 e. The number of hydrogen-bond acceptors (Lipinski definition) is 1. The van der Waals surface area contributed by atoms with Crippen LogP contribution in [0.2, 0.25) is 0 Å². The zero-order valence-corrected chi connectivity index (χ0v) is 6.09. The summed E-state index contributed by atoms with van der Waals surface area (Å²) in [5.41, 5.74) is 0. The molecule has 0 atom stereocenters. The van der Waals surface area contributed by atoms with Crippen LogP contribution in [0.5, 0.6) is 0 Å². The van der Waals surface area contributed by atoms with Gasteiger partial charge in [0, 0.05) is 0 Å². The molecule has 0 fully saturated rings. The minimum Gasteiger partial charge on any atom is -0.351 e. The van der Waals surface area contributed by atoms with E-state index in [1.54, 1.807) is 0 Å². The summed E-state index contributed by atoms with van der Waals surface area (Å²) in [5.74, 6) is -22.6. The van der Waals surface area contributed by atoms with Gasteiger partial charge in [0.05, 0.1) is 0 Å². The van der Waals surface area contributed by atoms with Crippen molar-refractivity contribution in [2.45, 2.75) is 11.8 Å². The molecule has 1 aliphatic rings. The van der Waals surface area contributed by atoms with Gasteiger partial charge in [-0.15, -0.1) is 0 Å². The van der Waals surface area contributed by atoms with Crippen molar-refractivity contribution < 1.29 is 35.8 Å². The largest absolute Gasteiger partial charge is 0.355 e. The lowest BCUT2D eigenvalue weighted by atomic mass is 10.0. The molecule has 1 N–H and O–H groups in total. The van der Waals surface area contributed by atoms with E-state index in [0.29, 0.717) is 0 Å². The Morgan fingerprint density at radius 2 is 1.00 bits per heavy atom. The van der Waals surface area contributed by atoms with Gasteiger partial charge in [0.1, 0.15) is 0 Å². The summed E-state index contributed by atoms with van der Waals surface area (Å²) in [6.07, 6.45) is 0. The molecule has 1 nitrogen and oxygen atoms in total. The van der Waals surface area contributed by atoms with Crippen LogP contribution < -0.4 is 0 Å². The van der Waals surface area contributed by atoms with E-state index < -0.39 is 35.1 Å². The van der Waals surface area contributed by atoms with Gasteiger partial charge in [0.25, 0.3) is 0 Å². The molecule has 0 aromatic carbocycles. The first-order valence-corrected chi connectivity index (χ1v) is 3.05. The van der Waals surface area contributed by atoms with Crippen LogP contribution in [0, 0.1) is 0 Å². The first-order chi connectivity index (χ1) is 6.13. The highest BCUT2D eigenvalue weighted by Crippen LogP contribution is 2.49. The SMILES string of the molecule is OC1(F)C(F)=C(F)C(F)(F)C(F)=C1F. The van der Waals surface area contributed by atoms with Crippen molar-refractivity contribution in [2.75, 3.05) is 0 Å². The van der Waals surface area contributed by atoms with E-state index in [4.69, 9.17) is 5.11 Å². The van der Waals surface area contributed by atoms with Crippen molar-refractivity contribution in [3.8, 4) is 0 Å². The predicted octanol–water partition coefficient (Wildman–Crippen LogP) is 2.59. The molecule has 0 amide bonds. The highest BCUT2D eigenvalue weighted by atomic mass is 19.3. The molecule has 0 aromatic rings. The molecule has 0 spiro atoms. The van der Waals surface area contributed by atoms with Crippen molar-refractivity contribution >= 4 is 0 Å². The maximum atomic E-state index is 12.4. The smallest absolute Gasteiger partial charge is 0.351 e. The molecule has 0 aliphatic heterocycles. The van der Waals surface area contributed by atoms with Crippen LogP contribution in [0.3, 0.4) is 0 Å². The van der Waals surface area contributed by atoms with E-state index in [1.807, 2.05) is 0 Å². The number of aliphatic hydroxyl groups is 1. The van der Waals surface area contributed by atoms with Gasteiger partial charge < -0.3 is 5.11 Å². The molecule has 0 unspecified atom stereocenters. The average Bonchev–Trinajstić information content (AvgIpc) is 2.11. The Hall–Kier alpha value is -1.05. The van der Waals surface area contributed by atoms with Gasteiger partial charge in [-0.2, -0.15) is 13.2 Å². The quantitative estimate of drug-likeness (QED) is 0.624. The molecule has 1 rings (SSSR count). The lowest BCUT2D eigenvalue weighted by molar-refractivity contribution is -0.0855. The van der Waals surface area contributed by atoms with E-state index in [2.05, 4.69) is 0 Å². The molecule has 0 bridgehead atoms. The van der Waals surface area contributed by atoms with Crippen LogP contribution in [0.25, 0.3) is 0 Å². The van der Waals surface area contributed by atoms with E-state index in [0.717, 1.165) is 0 Å². The van der Waals surface area contributed by atoms with E-state index in [1.165, 1.54) is 0 Å². The van der Waals surface area contributed by atoms with Crippen molar-refractivity contribution in [3.63, 3.8) is 0 Å². The Morgan fingerprint density at radius 1 is 0.714 bits per heavy atom. The minimum absolute atomic E-state index is 3.10. The summed E-state index contributed by atoms with van der Waals surface area (Å²) in [4.78, 5) is 0. The normalized spacial score (nSPS) is 25.7. The summed E-state index contributed by atoms with van der Waals surface area (Å²) in [6, 6.07) is 0.